The van der Waals surface area contributed by atoms with E-state index < -0.39 is 0 Å². The predicted molar refractivity (Wildman–Crippen MR) is 88.8 cm³/mol. The smallest absolute Gasteiger partial charge is 0.246 e. The van der Waals surface area contributed by atoms with Crippen molar-refractivity contribution in [2.45, 2.75) is 33.7 Å². The Morgan fingerprint density at radius 2 is 1.71 bits per heavy atom. The van der Waals surface area contributed by atoms with Gasteiger partial charge in [-0.15, -0.1) is 0 Å². The monoisotopic (exact) mass is 282 g/mol. The van der Waals surface area contributed by atoms with Crippen molar-refractivity contribution in [2.75, 3.05) is 10.6 Å². The highest BCUT2D eigenvalue weighted by Gasteiger charge is 2.13. The average molecular weight is 282 g/mol. The van der Waals surface area contributed by atoms with Gasteiger partial charge in [-0.1, -0.05) is 29.8 Å². The lowest BCUT2D eigenvalue weighted by atomic mass is 10.1. The number of nitrogens with one attached hydrogen (secondary N) is 2. The molecule has 0 saturated heterocycles. The van der Waals surface area contributed by atoms with E-state index in [9.17, 15) is 4.79 Å². The molecule has 0 radical (unpaired) electrons. The Balaban J connectivity index is 2.02. The molecule has 2 aromatic carbocycles. The third kappa shape index (κ3) is 4.09. The zero-order chi connectivity index (χ0) is 15.4. The van der Waals surface area contributed by atoms with Crippen LogP contribution in [0, 0.1) is 20.8 Å². The fraction of sp³-hybridized carbons (Fsp3) is 0.278. The summed E-state index contributed by atoms with van der Waals surface area (Å²) in [5.41, 5.74) is 5.31. The molecule has 0 unspecified atom stereocenters. The van der Waals surface area contributed by atoms with E-state index in [4.69, 9.17) is 0 Å². The minimum absolute atomic E-state index is 0.0411. The van der Waals surface area contributed by atoms with Crippen LogP contribution in [0.2, 0.25) is 0 Å². The second kappa shape index (κ2) is 6.44. The second-order valence-corrected chi connectivity index (χ2v) is 5.54. The van der Waals surface area contributed by atoms with Gasteiger partial charge < -0.3 is 10.6 Å². The van der Waals surface area contributed by atoms with Gasteiger partial charge in [0.2, 0.25) is 5.91 Å². The molecule has 3 heteroatoms. The molecule has 0 heterocycles. The van der Waals surface area contributed by atoms with Gasteiger partial charge in [-0.2, -0.15) is 0 Å². The third-order valence-electron chi connectivity index (χ3n) is 3.43. The Morgan fingerprint density at radius 1 is 1.00 bits per heavy atom. The number of carbonyl (C=O) groups excluding carboxylic acids is 1. The minimum Gasteiger partial charge on any atom is -0.374 e. The van der Waals surface area contributed by atoms with E-state index in [0.717, 1.165) is 22.5 Å². The van der Waals surface area contributed by atoms with Crippen molar-refractivity contribution in [3.63, 3.8) is 0 Å². The topological polar surface area (TPSA) is 41.1 Å². The van der Waals surface area contributed by atoms with Gasteiger partial charge >= 0.3 is 0 Å². The zero-order valence-electron chi connectivity index (χ0n) is 13.0. The van der Waals surface area contributed by atoms with Crippen molar-refractivity contribution in [2.24, 2.45) is 0 Å². The third-order valence-corrected chi connectivity index (χ3v) is 3.43. The van der Waals surface area contributed by atoms with Crippen molar-refractivity contribution in [3.05, 3.63) is 59.2 Å². The van der Waals surface area contributed by atoms with E-state index in [1.807, 2.05) is 57.2 Å². The van der Waals surface area contributed by atoms with E-state index in [-0.39, 0.29) is 11.9 Å². The molecule has 0 spiro atoms. The summed E-state index contributed by atoms with van der Waals surface area (Å²) in [6.07, 6.45) is 0. The molecule has 2 N–H and O–H groups in total. The van der Waals surface area contributed by atoms with Gasteiger partial charge in [0.15, 0.2) is 0 Å². The first-order valence-corrected chi connectivity index (χ1v) is 7.17. The largest absolute Gasteiger partial charge is 0.374 e. The standard InChI is InChI=1S/C18H22N2O/c1-12-6-5-7-16(11-12)20-18(21)15(4)19-17-9-8-13(2)10-14(17)3/h5-11,15,19H,1-4H3,(H,20,21)/t15-/m0/s1. The van der Waals surface area contributed by atoms with Crippen molar-refractivity contribution in [1.29, 1.82) is 0 Å². The Labute approximate surface area is 126 Å². The number of anilines is 2. The molecule has 0 fully saturated rings. The number of carbonyl (C=O) groups is 1. The molecule has 0 aromatic heterocycles. The van der Waals surface area contributed by atoms with E-state index in [0.29, 0.717) is 0 Å². The van der Waals surface area contributed by atoms with Crippen LogP contribution in [0.5, 0.6) is 0 Å². The fourth-order valence-electron chi connectivity index (χ4n) is 2.25. The molecule has 0 aliphatic rings. The van der Waals surface area contributed by atoms with Crippen LogP contribution in [-0.2, 0) is 4.79 Å². The molecule has 21 heavy (non-hydrogen) atoms. The summed E-state index contributed by atoms with van der Waals surface area (Å²) in [7, 11) is 0. The van der Waals surface area contributed by atoms with Gasteiger partial charge in [0, 0.05) is 11.4 Å². The van der Waals surface area contributed by atoms with Gasteiger partial charge in [-0.05, 0) is 57.0 Å². The van der Waals surface area contributed by atoms with Crippen LogP contribution in [0.25, 0.3) is 0 Å². The molecular formula is C18H22N2O. The number of aryl methyl sites for hydroxylation is 3. The zero-order valence-corrected chi connectivity index (χ0v) is 13.0. The van der Waals surface area contributed by atoms with Crippen LogP contribution in [0.1, 0.15) is 23.6 Å². The maximum atomic E-state index is 12.2. The summed E-state index contributed by atoms with van der Waals surface area (Å²) in [4.78, 5) is 12.2. The van der Waals surface area contributed by atoms with Crippen LogP contribution in [0.3, 0.4) is 0 Å². The van der Waals surface area contributed by atoms with Gasteiger partial charge in [0.1, 0.15) is 6.04 Å². The highest BCUT2D eigenvalue weighted by Crippen LogP contribution is 2.17. The Morgan fingerprint density at radius 3 is 2.38 bits per heavy atom. The molecule has 0 saturated carbocycles. The fourth-order valence-corrected chi connectivity index (χ4v) is 2.25. The molecule has 1 amide bonds. The Kier molecular flexibility index (Phi) is 4.63. The van der Waals surface area contributed by atoms with Gasteiger partial charge in [-0.25, -0.2) is 0 Å². The molecule has 3 nitrogen and oxygen atoms in total. The molecule has 0 bridgehead atoms. The molecule has 0 aliphatic carbocycles. The van der Waals surface area contributed by atoms with Crippen LogP contribution in [0.15, 0.2) is 42.5 Å². The van der Waals surface area contributed by atoms with Crippen LogP contribution in [-0.4, -0.2) is 11.9 Å². The van der Waals surface area contributed by atoms with E-state index in [1.165, 1.54) is 5.56 Å². The maximum Gasteiger partial charge on any atom is 0.246 e. The summed E-state index contributed by atoms with van der Waals surface area (Å²) in [6, 6.07) is 13.7. The highest BCUT2D eigenvalue weighted by molar-refractivity contribution is 5.96. The molecular weight excluding hydrogens is 260 g/mol. The maximum absolute atomic E-state index is 12.2. The minimum atomic E-state index is -0.299. The number of rotatable bonds is 4. The Hall–Kier alpha value is -2.29. The van der Waals surface area contributed by atoms with Crippen molar-refractivity contribution in [3.8, 4) is 0 Å². The normalized spacial score (nSPS) is 11.8. The summed E-state index contributed by atoms with van der Waals surface area (Å²) in [5.74, 6) is -0.0411. The van der Waals surface area contributed by atoms with Crippen molar-refractivity contribution < 1.29 is 4.79 Å². The highest BCUT2D eigenvalue weighted by atomic mass is 16.2. The van der Waals surface area contributed by atoms with Crippen molar-refractivity contribution in [1.82, 2.24) is 0 Å². The van der Waals surface area contributed by atoms with E-state index in [1.54, 1.807) is 0 Å². The summed E-state index contributed by atoms with van der Waals surface area (Å²) < 4.78 is 0. The first-order chi connectivity index (χ1) is 9.95. The average Bonchev–Trinajstić information content (AvgIpc) is 2.41. The lowest BCUT2D eigenvalue weighted by Crippen LogP contribution is -2.32. The Bertz CT molecular complexity index is 649. The first-order valence-electron chi connectivity index (χ1n) is 7.17. The molecule has 0 aliphatic heterocycles. The lowest BCUT2D eigenvalue weighted by Gasteiger charge is -2.17. The molecule has 110 valence electrons. The quantitative estimate of drug-likeness (QED) is 0.888. The van der Waals surface area contributed by atoms with Crippen LogP contribution in [0.4, 0.5) is 11.4 Å². The van der Waals surface area contributed by atoms with E-state index in [2.05, 4.69) is 23.6 Å². The summed E-state index contributed by atoms with van der Waals surface area (Å²) >= 11 is 0. The summed E-state index contributed by atoms with van der Waals surface area (Å²) in [5, 5.41) is 6.19. The summed E-state index contributed by atoms with van der Waals surface area (Å²) in [6.45, 7) is 7.97. The van der Waals surface area contributed by atoms with Crippen LogP contribution >= 0.6 is 0 Å². The first kappa shape index (κ1) is 15.1. The SMILES string of the molecule is Cc1cccc(NC(=O)[C@H](C)Nc2ccc(C)cc2C)c1. The van der Waals surface area contributed by atoms with Gasteiger partial charge in [-0.3, -0.25) is 4.79 Å². The number of benzene rings is 2. The van der Waals surface area contributed by atoms with Gasteiger partial charge in [0.05, 0.1) is 0 Å². The number of amides is 1. The van der Waals surface area contributed by atoms with Crippen molar-refractivity contribution >= 4 is 17.3 Å². The number of hydrogen-bond donors (Lipinski definition) is 2. The molecule has 2 rings (SSSR count). The lowest BCUT2D eigenvalue weighted by molar-refractivity contribution is -0.116. The number of hydrogen-bond acceptors (Lipinski definition) is 2. The van der Waals surface area contributed by atoms with Crippen LogP contribution < -0.4 is 10.6 Å². The predicted octanol–water partition coefficient (Wildman–Crippen LogP) is 4.05. The molecule has 2 aromatic rings. The van der Waals surface area contributed by atoms with Gasteiger partial charge in [0.25, 0.3) is 0 Å². The van der Waals surface area contributed by atoms with E-state index >= 15 is 0 Å². The molecule has 1 atom stereocenters. The second-order valence-electron chi connectivity index (χ2n) is 5.54.